The summed E-state index contributed by atoms with van der Waals surface area (Å²) in [6.45, 7) is 8.40. The molecule has 8 nitrogen and oxygen atoms in total. The van der Waals surface area contributed by atoms with E-state index < -0.39 is 12.2 Å². The SMILES string of the molecule is Cc1cc(C(C)(C)c2ccc(OCC(O)Cn3nnc(CO)c3C)cc2)ccc1OCC(O)CCl. The Labute approximate surface area is 211 Å². The van der Waals surface area contributed by atoms with Crippen LogP contribution in [0, 0.1) is 13.8 Å². The molecule has 0 bridgehead atoms. The second-order valence-electron chi connectivity index (χ2n) is 9.18. The van der Waals surface area contributed by atoms with Gasteiger partial charge in [0.05, 0.1) is 24.7 Å². The zero-order chi connectivity index (χ0) is 25.6. The second kappa shape index (κ2) is 11.9. The van der Waals surface area contributed by atoms with Crippen molar-refractivity contribution in [3.63, 3.8) is 0 Å². The first kappa shape index (κ1) is 26.9. The standard InChI is InChI=1S/C26H34ClN3O5/c1-17-11-20(7-10-25(17)35-15-21(32)12-27)26(3,4)19-5-8-23(9-6-19)34-16-22(33)13-30-18(2)24(14-31)28-29-30/h5-11,21-22,31-33H,12-16H2,1-4H3. The van der Waals surface area contributed by atoms with Gasteiger partial charge in [0.2, 0.25) is 0 Å². The lowest BCUT2D eigenvalue weighted by Gasteiger charge is -2.27. The third-order valence-electron chi connectivity index (χ3n) is 6.14. The van der Waals surface area contributed by atoms with E-state index in [0.29, 0.717) is 11.4 Å². The molecular formula is C26H34ClN3O5. The van der Waals surface area contributed by atoms with Gasteiger partial charge in [-0.05, 0) is 48.7 Å². The molecular weight excluding hydrogens is 470 g/mol. The van der Waals surface area contributed by atoms with Crippen molar-refractivity contribution in [1.29, 1.82) is 0 Å². The molecule has 0 saturated heterocycles. The van der Waals surface area contributed by atoms with E-state index in [0.717, 1.165) is 28.1 Å². The highest BCUT2D eigenvalue weighted by atomic mass is 35.5. The maximum atomic E-state index is 10.3. The van der Waals surface area contributed by atoms with Gasteiger partial charge in [0, 0.05) is 5.41 Å². The molecule has 2 aromatic carbocycles. The Kier molecular flexibility index (Phi) is 9.13. The van der Waals surface area contributed by atoms with Gasteiger partial charge in [0.1, 0.15) is 42.6 Å². The zero-order valence-corrected chi connectivity index (χ0v) is 21.4. The van der Waals surface area contributed by atoms with Gasteiger partial charge in [-0.3, -0.25) is 0 Å². The van der Waals surface area contributed by atoms with Crippen LogP contribution in [0.25, 0.3) is 0 Å². The summed E-state index contributed by atoms with van der Waals surface area (Å²) in [5.74, 6) is 1.52. The highest BCUT2D eigenvalue weighted by Gasteiger charge is 2.24. The predicted octanol–water partition coefficient (Wildman–Crippen LogP) is 3.13. The third-order valence-corrected chi connectivity index (χ3v) is 6.49. The number of rotatable bonds is 12. The maximum absolute atomic E-state index is 10.3. The van der Waals surface area contributed by atoms with E-state index in [9.17, 15) is 15.3 Å². The molecule has 1 aromatic heterocycles. The first-order chi connectivity index (χ1) is 16.6. The minimum atomic E-state index is -0.771. The van der Waals surface area contributed by atoms with Crippen molar-refractivity contribution in [3.05, 3.63) is 70.5 Å². The lowest BCUT2D eigenvalue weighted by atomic mass is 9.77. The molecule has 2 atom stereocenters. The van der Waals surface area contributed by atoms with Crippen molar-refractivity contribution in [2.45, 2.75) is 58.5 Å². The number of aryl methyl sites for hydroxylation is 1. The molecule has 1 heterocycles. The summed E-state index contributed by atoms with van der Waals surface area (Å²) in [6.07, 6.45) is -1.47. The summed E-state index contributed by atoms with van der Waals surface area (Å²) >= 11 is 5.64. The number of hydrogen-bond donors (Lipinski definition) is 3. The molecule has 3 aromatic rings. The number of halogens is 1. The van der Waals surface area contributed by atoms with Crippen LogP contribution in [0.1, 0.15) is 41.9 Å². The van der Waals surface area contributed by atoms with Gasteiger partial charge in [-0.2, -0.15) is 0 Å². The maximum Gasteiger partial charge on any atom is 0.122 e. The van der Waals surface area contributed by atoms with E-state index in [1.165, 1.54) is 0 Å². The molecule has 0 radical (unpaired) electrons. The van der Waals surface area contributed by atoms with Gasteiger partial charge >= 0.3 is 0 Å². The smallest absolute Gasteiger partial charge is 0.122 e. The molecule has 3 rings (SSSR count). The second-order valence-corrected chi connectivity index (χ2v) is 9.48. The van der Waals surface area contributed by atoms with Crippen molar-refractivity contribution in [3.8, 4) is 11.5 Å². The number of aliphatic hydroxyl groups excluding tert-OH is 3. The normalized spacial score (nSPS) is 13.5. The molecule has 0 saturated carbocycles. The number of nitrogens with zero attached hydrogens (tertiary/aromatic N) is 3. The quantitative estimate of drug-likeness (QED) is 0.326. The Morgan fingerprint density at radius 1 is 0.971 bits per heavy atom. The summed E-state index contributed by atoms with van der Waals surface area (Å²) in [7, 11) is 0. The fraction of sp³-hybridized carbons (Fsp3) is 0.462. The van der Waals surface area contributed by atoms with Crippen LogP contribution in [0.3, 0.4) is 0 Å². The molecule has 3 N–H and O–H groups in total. The van der Waals surface area contributed by atoms with Gasteiger partial charge in [-0.25, -0.2) is 4.68 Å². The van der Waals surface area contributed by atoms with E-state index in [1.54, 1.807) is 11.6 Å². The lowest BCUT2D eigenvalue weighted by molar-refractivity contribution is 0.0882. The Balaban J connectivity index is 1.60. The van der Waals surface area contributed by atoms with Crippen molar-refractivity contribution in [1.82, 2.24) is 15.0 Å². The number of benzene rings is 2. The van der Waals surface area contributed by atoms with Crippen LogP contribution >= 0.6 is 11.6 Å². The summed E-state index contributed by atoms with van der Waals surface area (Å²) < 4.78 is 13.0. The van der Waals surface area contributed by atoms with E-state index >= 15 is 0 Å². The van der Waals surface area contributed by atoms with E-state index in [4.69, 9.17) is 21.1 Å². The molecule has 0 aliphatic heterocycles. The largest absolute Gasteiger partial charge is 0.491 e. The minimum absolute atomic E-state index is 0.107. The van der Waals surface area contributed by atoms with Gasteiger partial charge in [0.25, 0.3) is 0 Å². The average molecular weight is 504 g/mol. The number of aromatic nitrogens is 3. The summed E-state index contributed by atoms with van der Waals surface area (Å²) in [6, 6.07) is 13.9. The topological polar surface area (TPSA) is 110 Å². The van der Waals surface area contributed by atoms with Gasteiger partial charge in [-0.1, -0.05) is 43.3 Å². The average Bonchev–Trinajstić information content (AvgIpc) is 3.20. The molecule has 0 amide bonds. The highest BCUT2D eigenvalue weighted by Crippen LogP contribution is 2.34. The van der Waals surface area contributed by atoms with Gasteiger partial charge < -0.3 is 24.8 Å². The summed E-state index contributed by atoms with van der Waals surface area (Å²) in [4.78, 5) is 0. The van der Waals surface area contributed by atoms with Crippen molar-refractivity contribution < 1.29 is 24.8 Å². The van der Waals surface area contributed by atoms with Crippen molar-refractivity contribution in [2.75, 3.05) is 19.1 Å². The Bertz CT molecular complexity index is 1100. The van der Waals surface area contributed by atoms with Crippen LogP contribution in [-0.4, -0.2) is 61.6 Å². The Morgan fingerprint density at radius 3 is 2.23 bits per heavy atom. The molecule has 190 valence electrons. The summed E-state index contributed by atoms with van der Waals surface area (Å²) in [5, 5.41) is 37.0. The van der Waals surface area contributed by atoms with E-state index in [-0.39, 0.29) is 37.7 Å². The fourth-order valence-corrected chi connectivity index (χ4v) is 3.81. The minimum Gasteiger partial charge on any atom is -0.491 e. The highest BCUT2D eigenvalue weighted by molar-refractivity contribution is 6.18. The molecule has 0 aliphatic rings. The fourth-order valence-electron chi connectivity index (χ4n) is 3.73. The van der Waals surface area contributed by atoms with Crippen LogP contribution in [-0.2, 0) is 18.6 Å². The van der Waals surface area contributed by atoms with Crippen LogP contribution in [0.4, 0.5) is 0 Å². The van der Waals surface area contributed by atoms with Gasteiger partial charge in [0.15, 0.2) is 0 Å². The van der Waals surface area contributed by atoms with Crippen molar-refractivity contribution >= 4 is 11.6 Å². The van der Waals surface area contributed by atoms with E-state index in [1.807, 2.05) is 43.3 Å². The number of hydrogen-bond acceptors (Lipinski definition) is 7. The Hall–Kier alpha value is -2.65. The molecule has 0 fully saturated rings. The van der Waals surface area contributed by atoms with Crippen molar-refractivity contribution in [2.24, 2.45) is 0 Å². The van der Waals surface area contributed by atoms with Gasteiger partial charge in [-0.15, -0.1) is 16.7 Å². The summed E-state index contributed by atoms with van der Waals surface area (Å²) in [5.41, 5.74) is 4.20. The number of aliphatic hydroxyl groups is 3. The molecule has 9 heteroatoms. The first-order valence-electron chi connectivity index (χ1n) is 11.5. The predicted molar refractivity (Wildman–Crippen MR) is 134 cm³/mol. The first-order valence-corrected chi connectivity index (χ1v) is 12.1. The molecule has 35 heavy (non-hydrogen) atoms. The monoisotopic (exact) mass is 503 g/mol. The lowest BCUT2D eigenvalue weighted by Crippen LogP contribution is -2.25. The van der Waals surface area contributed by atoms with Crippen LogP contribution in [0.15, 0.2) is 42.5 Å². The number of ether oxygens (including phenoxy) is 2. The molecule has 0 spiro atoms. The Morgan fingerprint density at radius 2 is 1.63 bits per heavy atom. The number of alkyl halides is 1. The van der Waals surface area contributed by atoms with E-state index in [2.05, 4.69) is 30.2 Å². The van der Waals surface area contributed by atoms with Crippen LogP contribution in [0.5, 0.6) is 11.5 Å². The molecule has 0 aliphatic carbocycles. The molecule has 2 unspecified atom stereocenters. The van der Waals surface area contributed by atoms with Crippen LogP contribution in [0.2, 0.25) is 0 Å². The third kappa shape index (κ3) is 6.73. The van der Waals surface area contributed by atoms with Crippen LogP contribution < -0.4 is 9.47 Å². The zero-order valence-electron chi connectivity index (χ0n) is 20.6.